The molecular weight excluding hydrogens is 333 g/mol. The van der Waals surface area contributed by atoms with Gasteiger partial charge in [0.25, 0.3) is 0 Å². The van der Waals surface area contributed by atoms with E-state index >= 15 is 0 Å². The van der Waals surface area contributed by atoms with E-state index in [0.29, 0.717) is 5.02 Å². The quantitative estimate of drug-likeness (QED) is 0.727. The summed E-state index contributed by atoms with van der Waals surface area (Å²) in [6, 6.07) is 13.7. The minimum atomic E-state index is 0.161. The molecule has 1 unspecified atom stereocenters. The van der Waals surface area contributed by atoms with E-state index in [1.807, 2.05) is 42.5 Å². The van der Waals surface area contributed by atoms with E-state index in [0.717, 1.165) is 20.7 Å². The maximum atomic E-state index is 6.15. The molecule has 0 saturated heterocycles. The van der Waals surface area contributed by atoms with Gasteiger partial charge in [-0.15, -0.1) is 0 Å². The largest absolute Gasteiger partial charge is 0.377 e. The molecule has 1 N–H and O–H groups in total. The second-order valence-corrected chi connectivity index (χ2v) is 5.80. The van der Waals surface area contributed by atoms with Crippen molar-refractivity contribution < 1.29 is 0 Å². The highest BCUT2D eigenvalue weighted by Crippen LogP contribution is 2.29. The molecule has 1 nitrogen and oxygen atoms in total. The molecule has 0 aromatic heterocycles. The maximum absolute atomic E-state index is 6.15. The average molecular weight is 345 g/mol. The Morgan fingerprint density at radius 1 is 1.06 bits per heavy atom. The molecule has 0 aliphatic carbocycles. The molecule has 0 radical (unpaired) electrons. The first-order valence-electron chi connectivity index (χ1n) is 5.53. The summed E-state index contributed by atoms with van der Waals surface area (Å²) in [4.78, 5) is 0. The van der Waals surface area contributed by atoms with Gasteiger partial charge in [-0.05, 0) is 42.8 Å². The van der Waals surface area contributed by atoms with Crippen LogP contribution in [0, 0.1) is 0 Å². The first-order chi connectivity index (χ1) is 8.56. The normalized spacial score (nSPS) is 12.2. The van der Waals surface area contributed by atoms with Crippen LogP contribution in [-0.4, -0.2) is 0 Å². The van der Waals surface area contributed by atoms with Crippen molar-refractivity contribution in [2.24, 2.45) is 0 Å². The van der Waals surface area contributed by atoms with Crippen molar-refractivity contribution in [2.45, 2.75) is 13.0 Å². The fourth-order valence-electron chi connectivity index (χ4n) is 1.68. The number of hydrogen-bond donors (Lipinski definition) is 1. The van der Waals surface area contributed by atoms with Crippen LogP contribution < -0.4 is 5.32 Å². The van der Waals surface area contributed by atoms with Gasteiger partial charge in [0.2, 0.25) is 0 Å². The number of anilines is 1. The maximum Gasteiger partial charge on any atom is 0.0638 e. The Kier molecular flexibility index (Phi) is 4.55. The van der Waals surface area contributed by atoms with Crippen LogP contribution in [0.1, 0.15) is 18.5 Å². The first kappa shape index (κ1) is 13.7. The molecule has 2 rings (SSSR count). The summed E-state index contributed by atoms with van der Waals surface area (Å²) in [5.74, 6) is 0. The van der Waals surface area contributed by atoms with Gasteiger partial charge < -0.3 is 5.32 Å². The van der Waals surface area contributed by atoms with E-state index in [2.05, 4.69) is 28.2 Å². The lowest BCUT2D eigenvalue weighted by atomic mass is 10.1. The van der Waals surface area contributed by atoms with Crippen LogP contribution in [0.15, 0.2) is 46.9 Å². The van der Waals surface area contributed by atoms with Crippen LogP contribution in [0.2, 0.25) is 10.0 Å². The topological polar surface area (TPSA) is 12.0 Å². The first-order valence-corrected chi connectivity index (χ1v) is 7.08. The summed E-state index contributed by atoms with van der Waals surface area (Å²) in [5, 5.41) is 4.83. The summed E-state index contributed by atoms with van der Waals surface area (Å²) in [6.07, 6.45) is 0. The fraction of sp³-hybridized carbons (Fsp3) is 0.143. The SMILES string of the molecule is CC(Nc1cc(Br)ccc1Cl)c1ccc(Cl)cc1. The summed E-state index contributed by atoms with van der Waals surface area (Å²) in [5.41, 5.74) is 2.07. The van der Waals surface area contributed by atoms with E-state index in [1.165, 1.54) is 0 Å². The molecule has 0 saturated carbocycles. The summed E-state index contributed by atoms with van der Waals surface area (Å²) < 4.78 is 0.998. The van der Waals surface area contributed by atoms with Crippen LogP contribution in [0.25, 0.3) is 0 Å². The van der Waals surface area contributed by atoms with Gasteiger partial charge in [0, 0.05) is 15.5 Å². The molecule has 0 fully saturated rings. The lowest BCUT2D eigenvalue weighted by Crippen LogP contribution is -2.06. The van der Waals surface area contributed by atoms with Crippen LogP contribution in [-0.2, 0) is 0 Å². The Morgan fingerprint density at radius 3 is 2.39 bits per heavy atom. The summed E-state index contributed by atoms with van der Waals surface area (Å²) in [6.45, 7) is 2.08. The number of rotatable bonds is 3. The minimum Gasteiger partial charge on any atom is -0.377 e. The molecule has 0 bridgehead atoms. The minimum absolute atomic E-state index is 0.161. The third kappa shape index (κ3) is 3.41. The fourth-order valence-corrected chi connectivity index (χ4v) is 2.34. The van der Waals surface area contributed by atoms with Gasteiger partial charge in [-0.25, -0.2) is 0 Å². The van der Waals surface area contributed by atoms with Crippen molar-refractivity contribution in [1.82, 2.24) is 0 Å². The molecule has 18 heavy (non-hydrogen) atoms. The monoisotopic (exact) mass is 343 g/mol. The van der Waals surface area contributed by atoms with E-state index in [9.17, 15) is 0 Å². The van der Waals surface area contributed by atoms with Gasteiger partial charge in [-0.2, -0.15) is 0 Å². The Balaban J connectivity index is 2.18. The number of benzene rings is 2. The van der Waals surface area contributed by atoms with Crippen LogP contribution in [0.5, 0.6) is 0 Å². The van der Waals surface area contributed by atoms with Crippen molar-refractivity contribution in [3.8, 4) is 0 Å². The lowest BCUT2D eigenvalue weighted by molar-refractivity contribution is 0.885. The molecule has 2 aromatic carbocycles. The van der Waals surface area contributed by atoms with Crippen molar-refractivity contribution >= 4 is 44.8 Å². The highest BCUT2D eigenvalue weighted by molar-refractivity contribution is 9.10. The van der Waals surface area contributed by atoms with Gasteiger partial charge in [0.05, 0.1) is 10.7 Å². The standard InChI is InChI=1S/C14H12BrCl2N/c1-9(10-2-5-12(16)6-3-10)18-14-8-11(15)4-7-13(14)17/h2-9,18H,1H3. The second kappa shape index (κ2) is 5.96. The Labute approximate surface area is 125 Å². The van der Waals surface area contributed by atoms with Gasteiger partial charge in [-0.3, -0.25) is 0 Å². The average Bonchev–Trinajstić information content (AvgIpc) is 2.34. The molecule has 0 heterocycles. The van der Waals surface area contributed by atoms with E-state index < -0.39 is 0 Å². The Morgan fingerprint density at radius 2 is 1.72 bits per heavy atom. The molecular formula is C14H12BrCl2N. The third-order valence-corrected chi connectivity index (χ3v) is 3.75. The smallest absolute Gasteiger partial charge is 0.0638 e. The second-order valence-electron chi connectivity index (χ2n) is 4.04. The number of hydrogen-bond acceptors (Lipinski definition) is 1. The highest BCUT2D eigenvalue weighted by Gasteiger charge is 2.08. The van der Waals surface area contributed by atoms with Gasteiger partial charge in [0.1, 0.15) is 0 Å². The van der Waals surface area contributed by atoms with E-state index in [4.69, 9.17) is 23.2 Å². The van der Waals surface area contributed by atoms with Crippen molar-refractivity contribution in [1.29, 1.82) is 0 Å². The zero-order chi connectivity index (χ0) is 13.1. The van der Waals surface area contributed by atoms with Gasteiger partial charge in [-0.1, -0.05) is 51.3 Å². The molecule has 0 amide bonds. The van der Waals surface area contributed by atoms with Gasteiger partial charge in [0.15, 0.2) is 0 Å². The lowest BCUT2D eigenvalue weighted by Gasteiger charge is -2.17. The third-order valence-electron chi connectivity index (χ3n) is 2.67. The molecule has 0 spiro atoms. The predicted molar refractivity (Wildman–Crippen MR) is 82.6 cm³/mol. The molecule has 1 atom stereocenters. The predicted octanol–water partition coefficient (Wildman–Crippen LogP) is 5.93. The van der Waals surface area contributed by atoms with Crippen LogP contribution in [0.4, 0.5) is 5.69 Å². The molecule has 0 aliphatic heterocycles. The summed E-state index contributed by atoms with van der Waals surface area (Å²) >= 11 is 15.5. The Hall–Kier alpha value is -0.700. The highest BCUT2D eigenvalue weighted by atomic mass is 79.9. The summed E-state index contributed by atoms with van der Waals surface area (Å²) in [7, 11) is 0. The van der Waals surface area contributed by atoms with Crippen LogP contribution >= 0.6 is 39.1 Å². The molecule has 0 aliphatic rings. The van der Waals surface area contributed by atoms with E-state index in [1.54, 1.807) is 0 Å². The van der Waals surface area contributed by atoms with Crippen molar-refractivity contribution in [3.05, 3.63) is 62.5 Å². The number of nitrogens with one attached hydrogen (secondary N) is 1. The van der Waals surface area contributed by atoms with Gasteiger partial charge >= 0.3 is 0 Å². The van der Waals surface area contributed by atoms with Crippen LogP contribution in [0.3, 0.4) is 0 Å². The van der Waals surface area contributed by atoms with Crippen molar-refractivity contribution in [2.75, 3.05) is 5.32 Å². The molecule has 94 valence electrons. The molecule has 4 heteroatoms. The van der Waals surface area contributed by atoms with Crippen molar-refractivity contribution in [3.63, 3.8) is 0 Å². The Bertz CT molecular complexity index is 540. The zero-order valence-electron chi connectivity index (χ0n) is 9.75. The van der Waals surface area contributed by atoms with E-state index in [-0.39, 0.29) is 6.04 Å². The number of halogens is 3. The zero-order valence-corrected chi connectivity index (χ0v) is 12.9. The molecule has 2 aromatic rings.